The number of rotatable bonds is 1. The molecule has 0 unspecified atom stereocenters. The molecule has 3 rings (SSSR count). The monoisotopic (exact) mass is 203 g/mol. The molecule has 1 aromatic rings. The molecule has 0 fully saturated rings. The van der Waals surface area contributed by atoms with Gasteiger partial charge in [0, 0.05) is 11.5 Å². The quantitative estimate of drug-likeness (QED) is 0.701. The van der Waals surface area contributed by atoms with Gasteiger partial charge in [0.05, 0.1) is 13.3 Å². The summed E-state index contributed by atoms with van der Waals surface area (Å²) in [6.07, 6.45) is 4.28. The van der Waals surface area contributed by atoms with E-state index in [2.05, 4.69) is 17.3 Å². The minimum Gasteiger partial charge on any atom is -0.497 e. The molecule has 3 nitrogen and oxygen atoms in total. The second-order valence-corrected chi connectivity index (χ2v) is 4.05. The second kappa shape index (κ2) is 3.26. The van der Waals surface area contributed by atoms with Crippen LogP contribution in [-0.4, -0.2) is 13.3 Å². The number of methoxy groups -OCH3 is 1. The van der Waals surface area contributed by atoms with Crippen molar-refractivity contribution in [1.29, 1.82) is 0 Å². The molecule has 0 bridgehead atoms. The van der Waals surface area contributed by atoms with E-state index in [9.17, 15) is 0 Å². The van der Waals surface area contributed by atoms with Gasteiger partial charge in [-0.2, -0.15) is 0 Å². The number of benzene rings is 1. The molecule has 0 aromatic heterocycles. The van der Waals surface area contributed by atoms with Crippen LogP contribution in [0.2, 0.25) is 0 Å². The van der Waals surface area contributed by atoms with Crippen LogP contribution in [-0.2, 0) is 11.3 Å². The number of hydrogen-bond acceptors (Lipinski definition) is 3. The maximum atomic E-state index is 5.40. The third kappa shape index (κ3) is 1.30. The summed E-state index contributed by atoms with van der Waals surface area (Å²) in [4.78, 5) is 5.40. The summed E-state index contributed by atoms with van der Waals surface area (Å²) >= 11 is 0. The van der Waals surface area contributed by atoms with E-state index in [1.165, 1.54) is 11.1 Å². The predicted octanol–water partition coefficient (Wildman–Crippen LogP) is 2.31. The zero-order valence-electron chi connectivity index (χ0n) is 8.64. The van der Waals surface area contributed by atoms with Crippen LogP contribution < -0.4 is 4.74 Å². The molecule has 15 heavy (non-hydrogen) atoms. The number of oxime groups is 1. The Labute approximate surface area is 88.7 Å². The fraction of sp³-hybridized carbons (Fsp3) is 0.417. The summed E-state index contributed by atoms with van der Waals surface area (Å²) in [7, 11) is 1.69. The van der Waals surface area contributed by atoms with Crippen molar-refractivity contribution in [3.05, 3.63) is 29.3 Å². The van der Waals surface area contributed by atoms with Crippen molar-refractivity contribution in [2.75, 3.05) is 7.11 Å². The van der Waals surface area contributed by atoms with E-state index in [0.717, 1.165) is 18.6 Å². The van der Waals surface area contributed by atoms with E-state index in [1.807, 2.05) is 12.3 Å². The topological polar surface area (TPSA) is 30.8 Å². The number of aryl methyl sites for hydroxylation is 1. The first-order valence-corrected chi connectivity index (χ1v) is 5.24. The molecule has 3 heteroatoms. The standard InChI is InChI=1S/C12H13NO2/c1-14-10-5-4-8-2-3-9-7-13-15-12(9)11(8)6-10/h4-7,9,12H,2-3H2,1H3/t9-,12+/m1/s1. The van der Waals surface area contributed by atoms with Gasteiger partial charge in [-0.05, 0) is 30.5 Å². The lowest BCUT2D eigenvalue weighted by Gasteiger charge is -2.25. The van der Waals surface area contributed by atoms with E-state index in [4.69, 9.17) is 9.57 Å². The zero-order valence-corrected chi connectivity index (χ0v) is 8.64. The van der Waals surface area contributed by atoms with E-state index in [0.29, 0.717) is 5.92 Å². The Morgan fingerprint density at radius 2 is 2.40 bits per heavy atom. The zero-order chi connectivity index (χ0) is 10.3. The molecular formula is C12H13NO2. The van der Waals surface area contributed by atoms with Crippen LogP contribution in [0.5, 0.6) is 5.75 Å². The molecular weight excluding hydrogens is 190 g/mol. The molecule has 1 aromatic carbocycles. The highest BCUT2D eigenvalue weighted by Gasteiger charge is 2.33. The number of fused-ring (bicyclic) bond motifs is 3. The molecule has 0 N–H and O–H groups in total. The molecule has 78 valence electrons. The summed E-state index contributed by atoms with van der Waals surface area (Å²) in [6, 6.07) is 6.21. The third-order valence-electron chi connectivity index (χ3n) is 3.22. The molecule has 0 radical (unpaired) electrons. The van der Waals surface area contributed by atoms with Gasteiger partial charge in [-0.3, -0.25) is 0 Å². The number of ether oxygens (including phenoxy) is 1. The van der Waals surface area contributed by atoms with E-state index >= 15 is 0 Å². The lowest BCUT2D eigenvalue weighted by Crippen LogP contribution is -2.18. The summed E-state index contributed by atoms with van der Waals surface area (Å²) < 4.78 is 5.23. The van der Waals surface area contributed by atoms with Crippen molar-refractivity contribution in [2.24, 2.45) is 11.1 Å². The van der Waals surface area contributed by atoms with E-state index in [1.54, 1.807) is 7.11 Å². The summed E-state index contributed by atoms with van der Waals surface area (Å²) in [6.45, 7) is 0. The van der Waals surface area contributed by atoms with Gasteiger partial charge in [0.15, 0.2) is 6.10 Å². The van der Waals surface area contributed by atoms with Crippen LogP contribution in [0.15, 0.2) is 23.4 Å². The van der Waals surface area contributed by atoms with Gasteiger partial charge >= 0.3 is 0 Å². The third-order valence-corrected chi connectivity index (χ3v) is 3.22. The van der Waals surface area contributed by atoms with Crippen LogP contribution in [0.25, 0.3) is 0 Å². The lowest BCUT2D eigenvalue weighted by molar-refractivity contribution is 0.0540. The minimum atomic E-state index is 0.115. The van der Waals surface area contributed by atoms with Crippen molar-refractivity contribution < 1.29 is 9.57 Å². The van der Waals surface area contributed by atoms with Gasteiger partial charge in [0.25, 0.3) is 0 Å². The van der Waals surface area contributed by atoms with Gasteiger partial charge in [-0.25, -0.2) is 0 Å². The Morgan fingerprint density at radius 1 is 1.47 bits per heavy atom. The Hall–Kier alpha value is -1.51. The Balaban J connectivity index is 2.04. The van der Waals surface area contributed by atoms with Crippen molar-refractivity contribution in [1.82, 2.24) is 0 Å². The van der Waals surface area contributed by atoms with Crippen molar-refractivity contribution in [3.63, 3.8) is 0 Å². The van der Waals surface area contributed by atoms with Crippen LogP contribution in [0.4, 0.5) is 0 Å². The summed E-state index contributed by atoms with van der Waals surface area (Å²) in [5.41, 5.74) is 2.60. The second-order valence-electron chi connectivity index (χ2n) is 4.05. The summed E-state index contributed by atoms with van der Waals surface area (Å²) in [5, 5.41) is 3.92. The molecule has 2 aliphatic rings. The highest BCUT2D eigenvalue weighted by molar-refractivity contribution is 5.64. The maximum Gasteiger partial charge on any atom is 0.160 e. The fourth-order valence-electron chi connectivity index (χ4n) is 2.36. The average Bonchev–Trinajstić information content (AvgIpc) is 2.76. The molecule has 2 atom stereocenters. The van der Waals surface area contributed by atoms with Crippen molar-refractivity contribution in [3.8, 4) is 5.75 Å². The molecule has 0 spiro atoms. The SMILES string of the molecule is COc1ccc2c(c1)[C@H]1ON=C[C@H]1CC2. The first-order chi connectivity index (χ1) is 7.38. The van der Waals surface area contributed by atoms with E-state index < -0.39 is 0 Å². The van der Waals surface area contributed by atoms with Gasteiger partial charge in [-0.1, -0.05) is 11.2 Å². The minimum absolute atomic E-state index is 0.115. The molecule has 0 saturated heterocycles. The van der Waals surface area contributed by atoms with Crippen molar-refractivity contribution >= 4 is 6.21 Å². The molecule has 1 aliphatic carbocycles. The van der Waals surface area contributed by atoms with Crippen LogP contribution in [0.3, 0.4) is 0 Å². The predicted molar refractivity (Wildman–Crippen MR) is 57.1 cm³/mol. The number of nitrogens with zero attached hydrogens (tertiary/aromatic N) is 1. The maximum absolute atomic E-state index is 5.40. The number of hydrogen-bond donors (Lipinski definition) is 0. The van der Waals surface area contributed by atoms with Gasteiger partial charge in [0.1, 0.15) is 5.75 Å². The molecule has 0 amide bonds. The normalized spacial score (nSPS) is 26.7. The Kier molecular flexibility index (Phi) is 1.91. The Bertz CT molecular complexity index is 414. The Morgan fingerprint density at radius 3 is 3.27 bits per heavy atom. The van der Waals surface area contributed by atoms with Crippen molar-refractivity contribution in [2.45, 2.75) is 18.9 Å². The van der Waals surface area contributed by atoms with Crippen LogP contribution in [0, 0.1) is 5.92 Å². The molecule has 1 heterocycles. The largest absolute Gasteiger partial charge is 0.497 e. The van der Waals surface area contributed by atoms with E-state index in [-0.39, 0.29) is 6.10 Å². The lowest BCUT2D eigenvalue weighted by atomic mass is 9.82. The fourth-order valence-corrected chi connectivity index (χ4v) is 2.36. The van der Waals surface area contributed by atoms with Gasteiger partial charge in [-0.15, -0.1) is 0 Å². The first kappa shape index (κ1) is 8.77. The molecule has 0 saturated carbocycles. The highest BCUT2D eigenvalue weighted by atomic mass is 16.6. The highest BCUT2D eigenvalue weighted by Crippen LogP contribution is 2.40. The average molecular weight is 203 g/mol. The van der Waals surface area contributed by atoms with Crippen LogP contribution >= 0.6 is 0 Å². The first-order valence-electron chi connectivity index (χ1n) is 5.24. The van der Waals surface area contributed by atoms with Crippen LogP contribution in [0.1, 0.15) is 23.7 Å². The van der Waals surface area contributed by atoms with Gasteiger partial charge in [0.2, 0.25) is 0 Å². The molecule has 1 aliphatic heterocycles. The smallest absolute Gasteiger partial charge is 0.160 e. The summed E-state index contributed by atoms with van der Waals surface area (Å²) in [5.74, 6) is 1.34. The van der Waals surface area contributed by atoms with Gasteiger partial charge < -0.3 is 9.57 Å².